The fraction of sp³-hybridized carbons (Fsp3) is 0.538. The summed E-state index contributed by atoms with van der Waals surface area (Å²) in [7, 11) is 0. The maximum Gasteiger partial charge on any atom is 0.124 e. The average molecular weight is 205 g/mol. The Balaban J connectivity index is 2.04. The molecule has 82 valence electrons. The van der Waals surface area contributed by atoms with Crippen molar-refractivity contribution in [2.45, 2.75) is 38.8 Å². The second kappa shape index (κ2) is 5.17. The second-order valence-corrected chi connectivity index (χ2v) is 4.12. The number of hydrogen-bond donors (Lipinski definition) is 1. The molecule has 0 radical (unpaired) electrons. The molecular weight excluding hydrogens is 186 g/mol. The number of benzene rings is 1. The van der Waals surface area contributed by atoms with Crippen molar-refractivity contribution in [3.63, 3.8) is 0 Å². The molecule has 1 atom stereocenters. The van der Waals surface area contributed by atoms with Gasteiger partial charge in [-0.05, 0) is 18.9 Å². The summed E-state index contributed by atoms with van der Waals surface area (Å²) in [5.41, 5.74) is 1.27. The van der Waals surface area contributed by atoms with Crippen LogP contribution in [0, 0.1) is 0 Å². The van der Waals surface area contributed by atoms with Gasteiger partial charge in [-0.25, -0.2) is 0 Å². The fourth-order valence-electron chi connectivity index (χ4n) is 1.95. The zero-order chi connectivity index (χ0) is 10.5. The minimum atomic E-state index is 0.341. The van der Waals surface area contributed by atoms with E-state index in [1.165, 1.54) is 18.4 Å². The van der Waals surface area contributed by atoms with Crippen LogP contribution < -0.4 is 10.1 Å². The molecule has 0 aliphatic carbocycles. The lowest BCUT2D eigenvalue weighted by molar-refractivity contribution is 0.192. The molecule has 1 N–H and O–H groups in total. The minimum Gasteiger partial charge on any atom is -0.489 e. The Morgan fingerprint density at radius 2 is 2.27 bits per heavy atom. The molecule has 1 aromatic carbocycles. The lowest BCUT2D eigenvalue weighted by Gasteiger charge is -2.16. The summed E-state index contributed by atoms with van der Waals surface area (Å²) in [5.74, 6) is 1.06. The lowest BCUT2D eigenvalue weighted by Crippen LogP contribution is -2.28. The Morgan fingerprint density at radius 1 is 1.40 bits per heavy atom. The highest BCUT2D eigenvalue weighted by Gasteiger charge is 2.15. The molecular formula is C13H19NO. The van der Waals surface area contributed by atoms with Crippen LogP contribution in [0.1, 0.15) is 31.7 Å². The molecule has 0 amide bonds. The number of fused-ring (bicyclic) bond motifs is 1. The van der Waals surface area contributed by atoms with E-state index in [0.717, 1.165) is 25.3 Å². The quantitative estimate of drug-likeness (QED) is 0.819. The van der Waals surface area contributed by atoms with Crippen LogP contribution in [0.2, 0.25) is 0 Å². The van der Waals surface area contributed by atoms with Gasteiger partial charge in [0.1, 0.15) is 11.9 Å². The zero-order valence-electron chi connectivity index (χ0n) is 9.33. The van der Waals surface area contributed by atoms with E-state index in [2.05, 4.69) is 30.4 Å². The van der Waals surface area contributed by atoms with Crippen LogP contribution in [0.4, 0.5) is 0 Å². The summed E-state index contributed by atoms with van der Waals surface area (Å²) in [6.07, 6.45) is 3.97. The number of nitrogens with one attached hydrogen (secondary N) is 1. The van der Waals surface area contributed by atoms with E-state index >= 15 is 0 Å². The molecule has 2 nitrogen and oxygen atoms in total. The van der Waals surface area contributed by atoms with E-state index in [9.17, 15) is 0 Å². The van der Waals surface area contributed by atoms with E-state index < -0.39 is 0 Å². The van der Waals surface area contributed by atoms with Gasteiger partial charge in [0.2, 0.25) is 0 Å². The Labute approximate surface area is 91.6 Å². The van der Waals surface area contributed by atoms with Crippen LogP contribution >= 0.6 is 0 Å². The van der Waals surface area contributed by atoms with Crippen molar-refractivity contribution in [2.75, 3.05) is 6.54 Å². The number of ether oxygens (including phenoxy) is 1. The van der Waals surface area contributed by atoms with Gasteiger partial charge in [0.15, 0.2) is 0 Å². The molecule has 0 bridgehead atoms. The first kappa shape index (κ1) is 10.5. The Kier molecular flexibility index (Phi) is 3.62. The molecule has 0 fully saturated rings. The summed E-state index contributed by atoms with van der Waals surface area (Å²) in [6.45, 7) is 4.12. The molecule has 0 saturated heterocycles. The van der Waals surface area contributed by atoms with Crippen molar-refractivity contribution in [3.05, 3.63) is 29.8 Å². The Hall–Kier alpha value is -1.02. The monoisotopic (exact) mass is 205 g/mol. The molecule has 1 aliphatic heterocycles. The van der Waals surface area contributed by atoms with Crippen molar-refractivity contribution in [1.82, 2.24) is 5.32 Å². The van der Waals surface area contributed by atoms with Gasteiger partial charge >= 0.3 is 0 Å². The predicted molar refractivity (Wildman–Crippen MR) is 62.1 cm³/mol. The zero-order valence-corrected chi connectivity index (χ0v) is 9.33. The number of unbranched alkanes of at least 4 members (excludes halogenated alkanes) is 1. The van der Waals surface area contributed by atoms with Gasteiger partial charge < -0.3 is 10.1 Å². The first-order valence-corrected chi connectivity index (χ1v) is 5.85. The predicted octanol–water partition coefficient (Wildman–Crippen LogP) is 2.73. The van der Waals surface area contributed by atoms with Crippen LogP contribution in [0.5, 0.6) is 5.75 Å². The molecule has 1 aliphatic rings. The van der Waals surface area contributed by atoms with Gasteiger partial charge in [-0.1, -0.05) is 31.5 Å². The molecule has 2 heteroatoms. The van der Waals surface area contributed by atoms with E-state index in [1.807, 2.05) is 6.07 Å². The first-order chi connectivity index (χ1) is 7.40. The maximum absolute atomic E-state index is 6.00. The third-order valence-electron chi connectivity index (χ3n) is 2.83. The van der Waals surface area contributed by atoms with Gasteiger partial charge in [-0.15, -0.1) is 0 Å². The van der Waals surface area contributed by atoms with E-state index in [0.29, 0.717) is 6.10 Å². The highest BCUT2D eigenvalue weighted by Crippen LogP contribution is 2.22. The SMILES string of the molecule is CCCC[C@H]1CNCc2ccccc2O1. The largest absolute Gasteiger partial charge is 0.489 e. The van der Waals surface area contributed by atoms with Crippen molar-refractivity contribution in [1.29, 1.82) is 0 Å². The summed E-state index contributed by atoms with van der Waals surface area (Å²) < 4.78 is 6.00. The summed E-state index contributed by atoms with van der Waals surface area (Å²) in [5, 5.41) is 3.44. The van der Waals surface area contributed by atoms with Crippen molar-refractivity contribution >= 4 is 0 Å². The van der Waals surface area contributed by atoms with Crippen LogP contribution in [-0.2, 0) is 6.54 Å². The summed E-state index contributed by atoms with van der Waals surface area (Å²) in [4.78, 5) is 0. The fourth-order valence-corrected chi connectivity index (χ4v) is 1.95. The van der Waals surface area contributed by atoms with E-state index in [4.69, 9.17) is 4.74 Å². The molecule has 0 aromatic heterocycles. The molecule has 0 saturated carbocycles. The molecule has 2 rings (SSSR count). The van der Waals surface area contributed by atoms with Crippen molar-refractivity contribution in [3.8, 4) is 5.75 Å². The van der Waals surface area contributed by atoms with Crippen LogP contribution in [0.3, 0.4) is 0 Å². The van der Waals surface area contributed by atoms with E-state index in [1.54, 1.807) is 0 Å². The third kappa shape index (κ3) is 2.72. The van der Waals surface area contributed by atoms with Crippen molar-refractivity contribution < 1.29 is 4.74 Å². The normalized spacial score (nSPS) is 20.2. The summed E-state index contributed by atoms with van der Waals surface area (Å²) >= 11 is 0. The Morgan fingerprint density at radius 3 is 3.13 bits per heavy atom. The summed E-state index contributed by atoms with van der Waals surface area (Å²) in [6, 6.07) is 8.31. The van der Waals surface area contributed by atoms with Crippen LogP contribution in [-0.4, -0.2) is 12.6 Å². The van der Waals surface area contributed by atoms with Crippen LogP contribution in [0.25, 0.3) is 0 Å². The maximum atomic E-state index is 6.00. The number of hydrogen-bond acceptors (Lipinski definition) is 2. The second-order valence-electron chi connectivity index (χ2n) is 4.12. The van der Waals surface area contributed by atoms with Gasteiger partial charge in [0, 0.05) is 18.7 Å². The minimum absolute atomic E-state index is 0.341. The topological polar surface area (TPSA) is 21.3 Å². The highest BCUT2D eigenvalue weighted by atomic mass is 16.5. The number of rotatable bonds is 3. The average Bonchev–Trinajstić information content (AvgIpc) is 2.47. The van der Waals surface area contributed by atoms with Gasteiger partial charge in [0.25, 0.3) is 0 Å². The molecule has 1 heterocycles. The number of para-hydroxylation sites is 1. The third-order valence-corrected chi connectivity index (χ3v) is 2.83. The standard InChI is InChI=1S/C13H19NO/c1-2-3-7-12-10-14-9-11-6-4-5-8-13(11)15-12/h4-6,8,12,14H,2-3,7,9-10H2,1H3/t12-/m0/s1. The van der Waals surface area contributed by atoms with Gasteiger partial charge in [-0.2, -0.15) is 0 Å². The van der Waals surface area contributed by atoms with E-state index in [-0.39, 0.29) is 0 Å². The van der Waals surface area contributed by atoms with Crippen molar-refractivity contribution in [2.24, 2.45) is 0 Å². The highest BCUT2D eigenvalue weighted by molar-refractivity contribution is 5.34. The van der Waals surface area contributed by atoms with Gasteiger partial charge in [0.05, 0.1) is 0 Å². The molecule has 0 spiro atoms. The molecule has 0 unspecified atom stereocenters. The first-order valence-electron chi connectivity index (χ1n) is 5.85. The molecule has 15 heavy (non-hydrogen) atoms. The van der Waals surface area contributed by atoms with Gasteiger partial charge in [-0.3, -0.25) is 0 Å². The van der Waals surface area contributed by atoms with Crippen LogP contribution in [0.15, 0.2) is 24.3 Å². The lowest BCUT2D eigenvalue weighted by atomic mass is 10.1. The smallest absolute Gasteiger partial charge is 0.124 e. The molecule has 1 aromatic rings. The Bertz CT molecular complexity index is 309.